The van der Waals surface area contributed by atoms with E-state index in [4.69, 9.17) is 0 Å². The number of anilines is 1. The van der Waals surface area contributed by atoms with E-state index in [9.17, 15) is 13.2 Å². The standard InChI is InChI=1S/C20H24N2O3S2/c1-27(24,25)16-9-5-8-15(12-16)20(18(23)22-19-21-10-11-26-19)13-17(20)14-6-3-2-4-7-14/h5,8-12,14,17H,2-4,6-7,13H2,1H3,(H,21,22,23)/t17-,20-/m0/s1. The Morgan fingerprint density at radius 3 is 2.70 bits per heavy atom. The highest BCUT2D eigenvalue weighted by Crippen LogP contribution is 2.61. The maximum absolute atomic E-state index is 13.3. The van der Waals surface area contributed by atoms with Gasteiger partial charge in [-0.05, 0) is 36.0 Å². The van der Waals surface area contributed by atoms with Crippen molar-refractivity contribution in [3.63, 3.8) is 0 Å². The van der Waals surface area contributed by atoms with E-state index in [-0.39, 0.29) is 16.7 Å². The highest BCUT2D eigenvalue weighted by molar-refractivity contribution is 7.90. The molecule has 2 aliphatic rings. The SMILES string of the molecule is CS(=O)(=O)c1cccc([C@@]2(C(=O)Nc3nccs3)C[C@H]2C2CCCCC2)c1. The molecule has 4 rings (SSSR count). The van der Waals surface area contributed by atoms with Gasteiger partial charge >= 0.3 is 0 Å². The van der Waals surface area contributed by atoms with Crippen LogP contribution in [0, 0.1) is 11.8 Å². The molecule has 1 heterocycles. The maximum atomic E-state index is 13.3. The third kappa shape index (κ3) is 3.55. The largest absolute Gasteiger partial charge is 0.301 e. The second-order valence-corrected chi connectivity index (χ2v) is 10.7. The summed E-state index contributed by atoms with van der Waals surface area (Å²) in [5, 5.41) is 5.39. The molecule has 1 aromatic carbocycles. The van der Waals surface area contributed by atoms with Crippen LogP contribution in [0.3, 0.4) is 0 Å². The molecule has 7 heteroatoms. The number of rotatable bonds is 5. The Bertz CT molecular complexity index is 934. The number of hydrogen-bond acceptors (Lipinski definition) is 5. The van der Waals surface area contributed by atoms with Gasteiger partial charge in [-0.25, -0.2) is 13.4 Å². The summed E-state index contributed by atoms with van der Waals surface area (Å²) in [6, 6.07) is 6.95. The lowest BCUT2D eigenvalue weighted by Gasteiger charge is -2.25. The molecule has 0 saturated heterocycles. The van der Waals surface area contributed by atoms with Gasteiger partial charge in [-0.15, -0.1) is 11.3 Å². The fraction of sp³-hybridized carbons (Fsp3) is 0.500. The van der Waals surface area contributed by atoms with E-state index in [2.05, 4.69) is 10.3 Å². The Kier molecular flexibility index (Phi) is 4.84. The molecule has 2 fully saturated rings. The summed E-state index contributed by atoms with van der Waals surface area (Å²) >= 11 is 1.40. The minimum Gasteiger partial charge on any atom is -0.301 e. The highest BCUT2D eigenvalue weighted by atomic mass is 32.2. The number of hydrogen-bond donors (Lipinski definition) is 1. The van der Waals surface area contributed by atoms with Crippen molar-refractivity contribution in [3.05, 3.63) is 41.4 Å². The number of sulfone groups is 1. The van der Waals surface area contributed by atoms with Crippen molar-refractivity contribution in [3.8, 4) is 0 Å². The summed E-state index contributed by atoms with van der Waals surface area (Å²) < 4.78 is 24.1. The Morgan fingerprint density at radius 1 is 1.26 bits per heavy atom. The number of carbonyl (C=O) groups excluding carboxylic acids is 1. The average molecular weight is 405 g/mol. The van der Waals surface area contributed by atoms with E-state index >= 15 is 0 Å². The van der Waals surface area contributed by atoms with Crippen LogP contribution in [0.25, 0.3) is 0 Å². The molecule has 5 nitrogen and oxygen atoms in total. The minimum atomic E-state index is -3.32. The smallest absolute Gasteiger partial charge is 0.237 e. The zero-order chi connectivity index (χ0) is 19.1. The molecule has 1 N–H and O–H groups in total. The maximum Gasteiger partial charge on any atom is 0.237 e. The van der Waals surface area contributed by atoms with Crippen molar-refractivity contribution in [2.24, 2.45) is 11.8 Å². The van der Waals surface area contributed by atoms with Gasteiger partial charge < -0.3 is 5.32 Å². The van der Waals surface area contributed by atoms with Gasteiger partial charge in [-0.1, -0.05) is 44.2 Å². The molecule has 144 valence electrons. The molecule has 1 amide bonds. The fourth-order valence-corrected chi connectivity index (χ4v) is 5.81. The molecule has 0 radical (unpaired) electrons. The zero-order valence-corrected chi connectivity index (χ0v) is 17.0. The van der Waals surface area contributed by atoms with Crippen molar-refractivity contribution in [1.29, 1.82) is 0 Å². The van der Waals surface area contributed by atoms with Crippen molar-refractivity contribution in [1.82, 2.24) is 4.98 Å². The molecule has 27 heavy (non-hydrogen) atoms. The van der Waals surface area contributed by atoms with Crippen molar-refractivity contribution >= 4 is 32.2 Å². The van der Waals surface area contributed by atoms with E-state index in [1.807, 2.05) is 11.4 Å². The van der Waals surface area contributed by atoms with Gasteiger partial charge in [0.25, 0.3) is 0 Å². The van der Waals surface area contributed by atoms with Crippen LogP contribution in [-0.4, -0.2) is 25.6 Å². The first-order valence-corrected chi connectivity index (χ1v) is 12.2. The second kappa shape index (κ2) is 7.02. The fourth-order valence-electron chi connectivity index (χ4n) is 4.62. The normalized spacial score (nSPS) is 25.9. The molecule has 2 aromatic rings. The first kappa shape index (κ1) is 18.6. The van der Waals surface area contributed by atoms with E-state index in [0.29, 0.717) is 11.0 Å². The van der Waals surface area contributed by atoms with Crippen LogP contribution in [-0.2, 0) is 20.0 Å². The number of thiazole rings is 1. The predicted octanol–water partition coefficient (Wildman–Crippen LogP) is 4.02. The Morgan fingerprint density at radius 2 is 2.04 bits per heavy atom. The van der Waals surface area contributed by atoms with E-state index < -0.39 is 15.3 Å². The van der Waals surface area contributed by atoms with E-state index in [1.165, 1.54) is 36.9 Å². The summed E-state index contributed by atoms with van der Waals surface area (Å²) in [4.78, 5) is 17.8. The zero-order valence-electron chi connectivity index (χ0n) is 15.3. The number of benzene rings is 1. The topological polar surface area (TPSA) is 76.1 Å². The van der Waals surface area contributed by atoms with Crippen molar-refractivity contribution < 1.29 is 13.2 Å². The third-order valence-electron chi connectivity index (χ3n) is 6.07. The monoisotopic (exact) mass is 404 g/mol. The number of carbonyl (C=O) groups is 1. The molecule has 2 aliphatic carbocycles. The second-order valence-electron chi connectivity index (χ2n) is 7.77. The molecule has 0 bridgehead atoms. The van der Waals surface area contributed by atoms with Crippen LogP contribution in [0.1, 0.15) is 44.1 Å². The van der Waals surface area contributed by atoms with Crippen LogP contribution in [0.15, 0.2) is 40.7 Å². The Labute approximate surface area is 164 Å². The summed E-state index contributed by atoms with van der Waals surface area (Å²) in [7, 11) is -3.32. The molecule has 0 spiro atoms. The van der Waals surface area contributed by atoms with Gasteiger partial charge in [0.05, 0.1) is 10.3 Å². The lowest BCUT2D eigenvalue weighted by molar-refractivity contribution is -0.119. The van der Waals surface area contributed by atoms with Crippen molar-refractivity contribution in [2.75, 3.05) is 11.6 Å². The summed E-state index contributed by atoms with van der Waals surface area (Å²) in [5.74, 6) is 0.744. The van der Waals surface area contributed by atoms with Crippen LogP contribution in [0.2, 0.25) is 0 Å². The quantitative estimate of drug-likeness (QED) is 0.816. The lowest BCUT2D eigenvalue weighted by Crippen LogP contribution is -2.32. The van der Waals surface area contributed by atoms with Gasteiger partial charge in [0.2, 0.25) is 5.91 Å². The molecule has 0 aliphatic heterocycles. The van der Waals surface area contributed by atoms with Gasteiger partial charge in [0.15, 0.2) is 15.0 Å². The molecule has 1 aromatic heterocycles. The highest BCUT2D eigenvalue weighted by Gasteiger charge is 2.63. The van der Waals surface area contributed by atoms with Gasteiger partial charge in [-0.3, -0.25) is 4.79 Å². The van der Waals surface area contributed by atoms with Gasteiger partial charge in [-0.2, -0.15) is 0 Å². The lowest BCUT2D eigenvalue weighted by atomic mass is 9.80. The summed E-state index contributed by atoms with van der Waals surface area (Å²) in [6.07, 6.45) is 9.67. The molecular weight excluding hydrogens is 380 g/mol. The Balaban J connectivity index is 1.70. The average Bonchev–Trinajstić information content (AvgIpc) is 3.23. The molecular formula is C20H24N2O3S2. The molecule has 2 atom stereocenters. The number of nitrogens with one attached hydrogen (secondary N) is 1. The van der Waals surface area contributed by atoms with Crippen LogP contribution in [0.4, 0.5) is 5.13 Å². The first-order valence-electron chi connectivity index (χ1n) is 9.43. The number of amides is 1. The van der Waals surface area contributed by atoms with E-state index in [0.717, 1.165) is 24.8 Å². The first-order chi connectivity index (χ1) is 12.9. The van der Waals surface area contributed by atoms with Gasteiger partial charge in [0.1, 0.15) is 0 Å². The van der Waals surface area contributed by atoms with Crippen LogP contribution >= 0.6 is 11.3 Å². The number of aromatic nitrogens is 1. The molecule has 2 saturated carbocycles. The number of nitrogens with zero attached hydrogens (tertiary/aromatic N) is 1. The Hall–Kier alpha value is -1.73. The summed E-state index contributed by atoms with van der Waals surface area (Å²) in [6.45, 7) is 0. The van der Waals surface area contributed by atoms with Crippen molar-refractivity contribution in [2.45, 2.75) is 48.8 Å². The van der Waals surface area contributed by atoms with Crippen LogP contribution < -0.4 is 5.32 Å². The van der Waals surface area contributed by atoms with E-state index in [1.54, 1.807) is 24.4 Å². The predicted molar refractivity (Wildman–Crippen MR) is 107 cm³/mol. The van der Waals surface area contributed by atoms with Crippen LogP contribution in [0.5, 0.6) is 0 Å². The van der Waals surface area contributed by atoms with Gasteiger partial charge in [0, 0.05) is 17.8 Å². The summed E-state index contributed by atoms with van der Waals surface area (Å²) in [5.41, 5.74) is 0.170. The third-order valence-corrected chi connectivity index (χ3v) is 7.87. The minimum absolute atomic E-state index is 0.0568. The molecule has 0 unspecified atom stereocenters.